The van der Waals surface area contributed by atoms with Gasteiger partial charge >= 0.3 is 17.9 Å². The van der Waals surface area contributed by atoms with Gasteiger partial charge in [-0.2, -0.15) is 0 Å². The van der Waals surface area contributed by atoms with Gasteiger partial charge in [-0.15, -0.1) is 0 Å². The summed E-state index contributed by atoms with van der Waals surface area (Å²) in [5.41, 5.74) is 0. The Kier molecular flexibility index (Phi) is 41.8. The minimum atomic E-state index is -0.761. The fraction of sp³-hybridized carbons (Fsp3) is 0.940. The van der Waals surface area contributed by atoms with Gasteiger partial charge < -0.3 is 14.2 Å². The number of ether oxygens (including phenoxy) is 3. The molecule has 0 aromatic heterocycles. The van der Waals surface area contributed by atoms with Gasteiger partial charge in [-0.05, 0) is 31.1 Å². The number of hydrogen-bond acceptors (Lipinski definition) is 6. The second-order valence-corrected chi connectivity index (χ2v) is 18.1. The predicted molar refractivity (Wildman–Crippen MR) is 238 cm³/mol. The van der Waals surface area contributed by atoms with Crippen molar-refractivity contribution in [3.05, 3.63) is 0 Å². The SMILES string of the molecule is CCCCCCCCCCCCCCCCCC(=O)O[C@H](COC(=O)CCCCCCCCCCCCCC(C)C)COC(=O)CCCCCCCCC(C)C. The molecule has 0 amide bonds. The van der Waals surface area contributed by atoms with E-state index < -0.39 is 6.10 Å². The molecule has 0 aliphatic heterocycles. The van der Waals surface area contributed by atoms with Crippen molar-refractivity contribution in [1.82, 2.24) is 0 Å². The number of hydrogen-bond donors (Lipinski definition) is 0. The van der Waals surface area contributed by atoms with Gasteiger partial charge in [0.15, 0.2) is 6.10 Å². The van der Waals surface area contributed by atoms with Crippen molar-refractivity contribution in [3.63, 3.8) is 0 Å². The zero-order chi connectivity index (χ0) is 41.2. The zero-order valence-electron chi connectivity index (χ0n) is 38.3. The molecule has 1 atom stereocenters. The highest BCUT2D eigenvalue weighted by molar-refractivity contribution is 5.71. The largest absolute Gasteiger partial charge is 0.462 e. The number of rotatable bonds is 44. The Balaban J connectivity index is 4.29. The van der Waals surface area contributed by atoms with Crippen LogP contribution in [0.5, 0.6) is 0 Å². The summed E-state index contributed by atoms with van der Waals surface area (Å²) in [6.45, 7) is 11.3. The third-order valence-corrected chi connectivity index (χ3v) is 11.2. The van der Waals surface area contributed by atoms with E-state index in [4.69, 9.17) is 14.2 Å². The van der Waals surface area contributed by atoms with Crippen molar-refractivity contribution in [3.8, 4) is 0 Å². The second-order valence-electron chi connectivity index (χ2n) is 18.1. The van der Waals surface area contributed by atoms with Crippen LogP contribution in [0.2, 0.25) is 0 Å². The smallest absolute Gasteiger partial charge is 0.306 e. The molecular weight excluding hydrogens is 697 g/mol. The molecule has 0 unspecified atom stereocenters. The molecule has 0 saturated carbocycles. The lowest BCUT2D eigenvalue weighted by Crippen LogP contribution is -2.30. The maximum atomic E-state index is 12.7. The van der Waals surface area contributed by atoms with Gasteiger partial charge in [-0.1, -0.05) is 234 Å². The first-order valence-electron chi connectivity index (χ1n) is 24.7. The number of esters is 3. The first kappa shape index (κ1) is 54.4. The van der Waals surface area contributed by atoms with E-state index in [1.807, 2.05) is 0 Å². The molecule has 6 heteroatoms. The van der Waals surface area contributed by atoms with Gasteiger partial charge in [0.25, 0.3) is 0 Å². The van der Waals surface area contributed by atoms with E-state index in [1.54, 1.807) is 0 Å². The van der Waals surface area contributed by atoms with Gasteiger partial charge in [-0.3, -0.25) is 14.4 Å². The van der Waals surface area contributed by atoms with Crippen molar-refractivity contribution < 1.29 is 28.6 Å². The Labute approximate surface area is 348 Å². The van der Waals surface area contributed by atoms with Crippen LogP contribution >= 0.6 is 0 Å². The fourth-order valence-electron chi connectivity index (χ4n) is 7.46. The molecule has 0 saturated heterocycles. The lowest BCUT2D eigenvalue weighted by molar-refractivity contribution is -0.167. The standard InChI is InChI=1S/C50H96O6/c1-6-7-8-9-10-11-12-13-14-15-18-22-25-32-37-42-50(53)56-47(44-55-49(52)41-36-31-27-26-29-34-39-46(4)5)43-54-48(51)40-35-30-24-21-19-16-17-20-23-28-33-38-45(2)3/h45-47H,6-44H2,1-5H3/t47-/m1/s1. The lowest BCUT2D eigenvalue weighted by atomic mass is 10.0. The molecule has 0 aromatic rings. The molecule has 0 rings (SSSR count). The molecule has 0 aliphatic carbocycles. The van der Waals surface area contributed by atoms with Gasteiger partial charge in [0.1, 0.15) is 13.2 Å². The van der Waals surface area contributed by atoms with Crippen molar-refractivity contribution in [2.24, 2.45) is 11.8 Å². The zero-order valence-corrected chi connectivity index (χ0v) is 38.3. The van der Waals surface area contributed by atoms with E-state index in [2.05, 4.69) is 34.6 Å². The molecule has 0 heterocycles. The second kappa shape index (κ2) is 43.0. The minimum Gasteiger partial charge on any atom is -0.462 e. The highest BCUT2D eigenvalue weighted by Crippen LogP contribution is 2.17. The van der Waals surface area contributed by atoms with Gasteiger partial charge in [0.05, 0.1) is 0 Å². The average molecular weight is 793 g/mol. The third-order valence-electron chi connectivity index (χ3n) is 11.2. The molecule has 0 spiro atoms. The van der Waals surface area contributed by atoms with Crippen LogP contribution < -0.4 is 0 Å². The maximum absolute atomic E-state index is 12.7. The van der Waals surface area contributed by atoms with E-state index in [-0.39, 0.29) is 31.1 Å². The summed E-state index contributed by atoms with van der Waals surface area (Å²) in [4.78, 5) is 37.8. The van der Waals surface area contributed by atoms with Crippen LogP contribution in [-0.4, -0.2) is 37.2 Å². The quantitative estimate of drug-likeness (QED) is 0.0347. The van der Waals surface area contributed by atoms with Crippen LogP contribution in [0.3, 0.4) is 0 Å². The van der Waals surface area contributed by atoms with Gasteiger partial charge in [0.2, 0.25) is 0 Å². The Morgan fingerprint density at radius 2 is 0.589 bits per heavy atom. The molecule has 332 valence electrons. The molecular formula is C50H96O6. The van der Waals surface area contributed by atoms with E-state index in [1.165, 1.54) is 161 Å². The monoisotopic (exact) mass is 793 g/mol. The first-order chi connectivity index (χ1) is 27.2. The van der Waals surface area contributed by atoms with Crippen LogP contribution in [0.15, 0.2) is 0 Å². The molecule has 0 aromatic carbocycles. The average Bonchev–Trinajstić information content (AvgIpc) is 3.16. The van der Waals surface area contributed by atoms with Crippen molar-refractivity contribution >= 4 is 17.9 Å². The summed E-state index contributed by atoms with van der Waals surface area (Å²) in [5.74, 6) is 0.734. The number of unbranched alkanes of at least 4 members (excludes halogenated alkanes) is 29. The predicted octanol–water partition coefficient (Wildman–Crippen LogP) is 15.8. The van der Waals surface area contributed by atoms with E-state index >= 15 is 0 Å². The maximum Gasteiger partial charge on any atom is 0.306 e. The van der Waals surface area contributed by atoms with Crippen molar-refractivity contribution in [2.75, 3.05) is 13.2 Å². The summed E-state index contributed by atoms with van der Waals surface area (Å²) in [6, 6.07) is 0. The first-order valence-corrected chi connectivity index (χ1v) is 24.7. The molecule has 56 heavy (non-hydrogen) atoms. The van der Waals surface area contributed by atoms with Crippen LogP contribution in [0.1, 0.15) is 272 Å². The van der Waals surface area contributed by atoms with E-state index in [0.717, 1.165) is 69.6 Å². The minimum absolute atomic E-state index is 0.0649. The summed E-state index contributed by atoms with van der Waals surface area (Å²) in [7, 11) is 0. The van der Waals surface area contributed by atoms with E-state index in [9.17, 15) is 14.4 Å². The Morgan fingerprint density at radius 1 is 0.339 bits per heavy atom. The molecule has 0 bridgehead atoms. The molecule has 0 radical (unpaired) electrons. The Morgan fingerprint density at radius 3 is 0.875 bits per heavy atom. The van der Waals surface area contributed by atoms with Gasteiger partial charge in [-0.25, -0.2) is 0 Å². The normalized spacial score (nSPS) is 12.1. The summed E-state index contributed by atoms with van der Waals surface area (Å²) in [6.07, 6.45) is 42.4. The summed E-state index contributed by atoms with van der Waals surface area (Å²) >= 11 is 0. The Hall–Kier alpha value is -1.59. The number of carbonyl (C=O) groups excluding carboxylic acids is 3. The van der Waals surface area contributed by atoms with Crippen LogP contribution in [-0.2, 0) is 28.6 Å². The van der Waals surface area contributed by atoms with Crippen LogP contribution in [0.25, 0.3) is 0 Å². The Bertz CT molecular complexity index is 854. The summed E-state index contributed by atoms with van der Waals surface area (Å²) < 4.78 is 16.8. The summed E-state index contributed by atoms with van der Waals surface area (Å²) in [5, 5.41) is 0. The molecule has 0 aliphatic rings. The van der Waals surface area contributed by atoms with Crippen LogP contribution in [0, 0.1) is 11.8 Å². The van der Waals surface area contributed by atoms with Crippen LogP contribution in [0.4, 0.5) is 0 Å². The van der Waals surface area contributed by atoms with Crippen molar-refractivity contribution in [1.29, 1.82) is 0 Å². The van der Waals surface area contributed by atoms with Gasteiger partial charge in [0, 0.05) is 19.3 Å². The van der Waals surface area contributed by atoms with E-state index in [0.29, 0.717) is 19.3 Å². The third kappa shape index (κ3) is 43.5. The van der Waals surface area contributed by atoms with Crippen molar-refractivity contribution in [2.45, 2.75) is 278 Å². The number of carbonyl (C=O) groups is 3. The lowest BCUT2D eigenvalue weighted by Gasteiger charge is -2.18. The molecule has 0 fully saturated rings. The topological polar surface area (TPSA) is 78.9 Å². The molecule has 0 N–H and O–H groups in total. The highest BCUT2D eigenvalue weighted by Gasteiger charge is 2.19. The fourth-order valence-corrected chi connectivity index (χ4v) is 7.46. The molecule has 6 nitrogen and oxygen atoms in total. The highest BCUT2D eigenvalue weighted by atomic mass is 16.6.